The Labute approximate surface area is 155 Å². The fourth-order valence-electron chi connectivity index (χ4n) is 3.26. The number of nitrogens with zero attached hydrogens (tertiary/aromatic N) is 3. The van der Waals surface area contributed by atoms with E-state index < -0.39 is 5.69 Å². The molecule has 0 saturated carbocycles. The van der Waals surface area contributed by atoms with E-state index in [1.54, 1.807) is 13.2 Å². The van der Waals surface area contributed by atoms with Gasteiger partial charge in [-0.05, 0) is 30.3 Å². The van der Waals surface area contributed by atoms with Gasteiger partial charge in [0.1, 0.15) is 17.2 Å². The summed E-state index contributed by atoms with van der Waals surface area (Å²) in [7, 11) is 1.56. The van der Waals surface area contributed by atoms with Crippen LogP contribution in [0.4, 0.5) is 5.82 Å². The summed E-state index contributed by atoms with van der Waals surface area (Å²) in [6.45, 7) is 2.46. The molecule has 27 heavy (non-hydrogen) atoms. The highest BCUT2D eigenvalue weighted by Crippen LogP contribution is 2.28. The van der Waals surface area contributed by atoms with Crippen LogP contribution in [0.1, 0.15) is 5.56 Å². The molecule has 8 nitrogen and oxygen atoms in total. The smallest absolute Gasteiger partial charge is 0.348 e. The molecule has 2 N–H and O–H groups in total. The number of aromatic nitrogens is 3. The highest BCUT2D eigenvalue weighted by atomic mass is 16.5. The predicted molar refractivity (Wildman–Crippen MR) is 101 cm³/mol. The molecule has 3 heterocycles. The normalized spacial score (nSPS) is 14.5. The van der Waals surface area contributed by atoms with Crippen molar-refractivity contribution in [3.05, 3.63) is 46.4 Å². The second kappa shape index (κ2) is 7.34. The number of H-pyrrole nitrogens is 1. The van der Waals surface area contributed by atoms with Crippen molar-refractivity contribution in [1.29, 1.82) is 0 Å². The summed E-state index contributed by atoms with van der Waals surface area (Å²) in [5.74, 6) is 1.25. The quantitative estimate of drug-likeness (QED) is 0.716. The Morgan fingerprint density at radius 1 is 1.22 bits per heavy atom. The van der Waals surface area contributed by atoms with Crippen molar-refractivity contribution >= 4 is 16.9 Å². The first kappa shape index (κ1) is 17.4. The van der Waals surface area contributed by atoms with Crippen LogP contribution in [-0.2, 0) is 11.3 Å². The van der Waals surface area contributed by atoms with Crippen molar-refractivity contribution in [1.82, 2.24) is 15.0 Å². The van der Waals surface area contributed by atoms with Gasteiger partial charge in [0.05, 0.1) is 38.0 Å². The summed E-state index contributed by atoms with van der Waals surface area (Å²) < 4.78 is 10.6. The molecule has 1 aliphatic rings. The molecular weight excluding hydrogens is 348 g/mol. The third-order valence-corrected chi connectivity index (χ3v) is 4.63. The molecule has 2 aromatic heterocycles. The summed E-state index contributed by atoms with van der Waals surface area (Å²) in [5.41, 5.74) is 2.24. The summed E-state index contributed by atoms with van der Waals surface area (Å²) >= 11 is 0. The molecule has 0 unspecified atom stereocenters. The van der Waals surface area contributed by atoms with Crippen LogP contribution in [-0.4, -0.2) is 53.5 Å². The van der Waals surface area contributed by atoms with Crippen molar-refractivity contribution in [3.63, 3.8) is 0 Å². The van der Waals surface area contributed by atoms with Crippen molar-refractivity contribution in [2.24, 2.45) is 0 Å². The molecule has 8 heteroatoms. The van der Waals surface area contributed by atoms with Gasteiger partial charge in [-0.15, -0.1) is 0 Å². The van der Waals surface area contributed by atoms with Crippen molar-refractivity contribution in [3.8, 4) is 17.0 Å². The van der Waals surface area contributed by atoms with Gasteiger partial charge in [0, 0.05) is 24.2 Å². The van der Waals surface area contributed by atoms with E-state index in [0.717, 1.165) is 10.9 Å². The van der Waals surface area contributed by atoms with Crippen LogP contribution >= 0.6 is 0 Å². The van der Waals surface area contributed by atoms with Gasteiger partial charge in [-0.1, -0.05) is 0 Å². The molecule has 1 fully saturated rings. The van der Waals surface area contributed by atoms with Crippen LogP contribution < -0.4 is 15.3 Å². The molecule has 3 aromatic rings. The molecule has 1 aliphatic heterocycles. The molecule has 0 amide bonds. The highest BCUT2D eigenvalue weighted by molar-refractivity contribution is 5.88. The lowest BCUT2D eigenvalue weighted by Crippen LogP contribution is -2.38. The third-order valence-electron chi connectivity index (χ3n) is 4.63. The Bertz CT molecular complexity index is 1030. The average molecular weight is 368 g/mol. The number of anilines is 1. The molecule has 1 aromatic carbocycles. The second-order valence-corrected chi connectivity index (χ2v) is 6.24. The molecule has 0 bridgehead atoms. The van der Waals surface area contributed by atoms with E-state index in [0.29, 0.717) is 54.8 Å². The van der Waals surface area contributed by atoms with Gasteiger partial charge in [-0.25, -0.2) is 9.78 Å². The number of methoxy groups -OCH3 is 1. The predicted octanol–water partition coefficient (Wildman–Crippen LogP) is 1.32. The van der Waals surface area contributed by atoms with Crippen LogP contribution in [0.3, 0.4) is 0 Å². The monoisotopic (exact) mass is 368 g/mol. The minimum atomic E-state index is -0.431. The van der Waals surface area contributed by atoms with E-state index in [1.807, 2.05) is 29.2 Å². The number of ether oxygens (including phenoxy) is 2. The number of aliphatic hydroxyl groups excluding tert-OH is 1. The zero-order valence-corrected chi connectivity index (χ0v) is 14.9. The topological polar surface area (TPSA) is 101 Å². The first-order valence-electron chi connectivity index (χ1n) is 8.71. The largest absolute Gasteiger partial charge is 0.496 e. The van der Waals surface area contributed by atoms with E-state index in [9.17, 15) is 9.90 Å². The average Bonchev–Trinajstić information content (AvgIpc) is 2.72. The molecule has 140 valence electrons. The zero-order chi connectivity index (χ0) is 18.8. The number of fused-ring (bicyclic) bond motifs is 1. The SMILES string of the molecule is COc1ccc(-c2ccc3c(N4CCOCC4)nc(=O)[nH]c3n2)cc1CO. The molecule has 0 atom stereocenters. The molecule has 0 radical (unpaired) electrons. The van der Waals surface area contributed by atoms with Gasteiger partial charge >= 0.3 is 5.69 Å². The van der Waals surface area contributed by atoms with Gasteiger partial charge in [0.2, 0.25) is 0 Å². The lowest BCUT2D eigenvalue weighted by atomic mass is 10.1. The maximum Gasteiger partial charge on any atom is 0.348 e. The number of rotatable bonds is 4. The van der Waals surface area contributed by atoms with Crippen LogP contribution in [0.2, 0.25) is 0 Å². The van der Waals surface area contributed by atoms with Crippen LogP contribution in [0.15, 0.2) is 35.1 Å². The van der Waals surface area contributed by atoms with Crippen LogP contribution in [0, 0.1) is 0 Å². The number of hydrogen-bond acceptors (Lipinski definition) is 7. The Morgan fingerprint density at radius 3 is 2.78 bits per heavy atom. The number of morpholine rings is 1. The molecular formula is C19H20N4O4. The van der Waals surface area contributed by atoms with Crippen molar-refractivity contribution in [2.75, 3.05) is 38.3 Å². The van der Waals surface area contributed by atoms with Crippen molar-refractivity contribution in [2.45, 2.75) is 6.61 Å². The highest BCUT2D eigenvalue weighted by Gasteiger charge is 2.17. The number of hydrogen-bond donors (Lipinski definition) is 2. The molecule has 1 saturated heterocycles. The maximum absolute atomic E-state index is 12.1. The molecule has 4 rings (SSSR count). The maximum atomic E-state index is 12.1. The van der Waals surface area contributed by atoms with E-state index >= 15 is 0 Å². The fourth-order valence-corrected chi connectivity index (χ4v) is 3.26. The first-order valence-corrected chi connectivity index (χ1v) is 8.71. The Morgan fingerprint density at radius 2 is 2.04 bits per heavy atom. The standard InChI is InChI=1S/C19H20N4O4/c1-26-16-5-2-12(10-13(16)11-24)15-4-3-14-17(20-15)21-19(25)22-18(14)23-6-8-27-9-7-23/h2-5,10,24H,6-9,11H2,1H3,(H,20,21,22,25). The third kappa shape index (κ3) is 3.36. The van der Waals surface area contributed by atoms with Gasteiger partial charge in [-0.2, -0.15) is 4.98 Å². The summed E-state index contributed by atoms with van der Waals surface area (Å²) in [4.78, 5) is 25.6. The van der Waals surface area contributed by atoms with E-state index in [-0.39, 0.29) is 6.61 Å². The van der Waals surface area contributed by atoms with Crippen molar-refractivity contribution < 1.29 is 14.6 Å². The summed E-state index contributed by atoms with van der Waals surface area (Å²) in [6.07, 6.45) is 0. The number of aromatic amines is 1. The molecule has 0 spiro atoms. The van der Waals surface area contributed by atoms with Gasteiger partial charge < -0.3 is 19.5 Å². The number of aliphatic hydroxyl groups is 1. The molecule has 0 aliphatic carbocycles. The van der Waals surface area contributed by atoms with E-state index in [4.69, 9.17) is 9.47 Å². The fraction of sp³-hybridized carbons (Fsp3) is 0.316. The minimum absolute atomic E-state index is 0.132. The van der Waals surface area contributed by atoms with Gasteiger partial charge in [-0.3, -0.25) is 4.98 Å². The first-order chi connectivity index (χ1) is 13.2. The zero-order valence-electron chi connectivity index (χ0n) is 14.9. The summed E-state index contributed by atoms with van der Waals surface area (Å²) in [6, 6.07) is 9.29. The summed E-state index contributed by atoms with van der Waals surface area (Å²) in [5, 5.41) is 10.3. The lowest BCUT2D eigenvalue weighted by Gasteiger charge is -2.28. The van der Waals surface area contributed by atoms with Crippen LogP contribution in [0.5, 0.6) is 5.75 Å². The Hall–Kier alpha value is -2.97. The Balaban J connectivity index is 1.80. The van der Waals surface area contributed by atoms with Gasteiger partial charge in [0.25, 0.3) is 0 Å². The number of benzene rings is 1. The van der Waals surface area contributed by atoms with Crippen LogP contribution in [0.25, 0.3) is 22.3 Å². The number of nitrogens with one attached hydrogen (secondary N) is 1. The second-order valence-electron chi connectivity index (χ2n) is 6.24. The van der Waals surface area contributed by atoms with E-state index in [2.05, 4.69) is 15.0 Å². The Kier molecular flexibility index (Phi) is 4.74. The van der Waals surface area contributed by atoms with Gasteiger partial charge in [0.15, 0.2) is 0 Å². The number of pyridine rings is 1. The van der Waals surface area contributed by atoms with E-state index in [1.165, 1.54) is 0 Å². The minimum Gasteiger partial charge on any atom is -0.496 e. The lowest BCUT2D eigenvalue weighted by molar-refractivity contribution is 0.122.